The van der Waals surface area contributed by atoms with E-state index < -0.39 is 11.8 Å². The SMILES string of the molecule is CC(Nc1ccc(F)c(C(=O)O)c1)C1(C)CC1. The first-order valence-corrected chi connectivity index (χ1v) is 5.72. The van der Waals surface area contributed by atoms with E-state index in [2.05, 4.69) is 19.2 Å². The first-order valence-electron chi connectivity index (χ1n) is 5.72. The Bertz CT molecular complexity index is 455. The van der Waals surface area contributed by atoms with Gasteiger partial charge in [0.15, 0.2) is 0 Å². The fraction of sp³-hybridized carbons (Fsp3) is 0.462. The number of anilines is 1. The van der Waals surface area contributed by atoms with Gasteiger partial charge in [0.25, 0.3) is 0 Å². The lowest BCUT2D eigenvalue weighted by Gasteiger charge is -2.21. The van der Waals surface area contributed by atoms with E-state index in [4.69, 9.17) is 5.11 Å². The minimum Gasteiger partial charge on any atom is -0.478 e. The van der Waals surface area contributed by atoms with Crippen LogP contribution in [0, 0.1) is 11.2 Å². The van der Waals surface area contributed by atoms with Crippen LogP contribution in [-0.4, -0.2) is 17.1 Å². The summed E-state index contributed by atoms with van der Waals surface area (Å²) in [5.41, 5.74) is 0.658. The third-order valence-corrected chi connectivity index (χ3v) is 3.66. The predicted molar refractivity (Wildman–Crippen MR) is 63.8 cm³/mol. The highest BCUT2D eigenvalue weighted by atomic mass is 19.1. The summed E-state index contributed by atoms with van der Waals surface area (Å²) in [4.78, 5) is 10.8. The molecule has 1 aliphatic carbocycles. The highest BCUT2D eigenvalue weighted by Crippen LogP contribution is 2.48. The molecule has 92 valence electrons. The number of hydrogen-bond donors (Lipinski definition) is 2. The van der Waals surface area contributed by atoms with E-state index >= 15 is 0 Å². The molecule has 0 spiro atoms. The van der Waals surface area contributed by atoms with Crippen LogP contribution in [-0.2, 0) is 0 Å². The minimum atomic E-state index is -1.24. The number of hydrogen-bond acceptors (Lipinski definition) is 2. The molecular formula is C13H16FNO2. The van der Waals surface area contributed by atoms with Gasteiger partial charge in [-0.2, -0.15) is 0 Å². The van der Waals surface area contributed by atoms with Crippen molar-refractivity contribution in [3.05, 3.63) is 29.6 Å². The molecule has 2 N–H and O–H groups in total. The van der Waals surface area contributed by atoms with E-state index in [9.17, 15) is 9.18 Å². The summed E-state index contributed by atoms with van der Waals surface area (Å²) in [5, 5.41) is 12.1. The molecule has 3 nitrogen and oxygen atoms in total. The van der Waals surface area contributed by atoms with Crippen LogP contribution in [0.2, 0.25) is 0 Å². The van der Waals surface area contributed by atoms with Crippen LogP contribution in [0.4, 0.5) is 10.1 Å². The Balaban J connectivity index is 2.16. The standard InChI is InChI=1S/C13H16FNO2/c1-8(13(2)5-6-13)15-9-3-4-11(14)10(7-9)12(16)17/h3-4,7-8,15H,5-6H2,1-2H3,(H,16,17). The number of carboxylic acid groups (broad SMARTS) is 1. The van der Waals surface area contributed by atoms with Gasteiger partial charge in [-0.05, 0) is 43.4 Å². The molecule has 1 aliphatic rings. The molecule has 2 rings (SSSR count). The Kier molecular flexibility index (Phi) is 2.81. The number of benzene rings is 1. The van der Waals surface area contributed by atoms with Crippen LogP contribution in [0.25, 0.3) is 0 Å². The van der Waals surface area contributed by atoms with E-state index in [-0.39, 0.29) is 17.0 Å². The van der Waals surface area contributed by atoms with Crippen molar-refractivity contribution in [1.29, 1.82) is 0 Å². The van der Waals surface area contributed by atoms with E-state index in [0.29, 0.717) is 5.69 Å². The van der Waals surface area contributed by atoms with E-state index in [1.165, 1.54) is 25.0 Å². The highest BCUT2D eigenvalue weighted by Gasteiger charge is 2.42. The lowest BCUT2D eigenvalue weighted by molar-refractivity contribution is 0.0692. The van der Waals surface area contributed by atoms with E-state index in [1.807, 2.05) is 0 Å². The second kappa shape index (κ2) is 4.02. The highest BCUT2D eigenvalue weighted by molar-refractivity contribution is 5.89. The largest absolute Gasteiger partial charge is 0.478 e. The number of nitrogens with one attached hydrogen (secondary N) is 1. The Hall–Kier alpha value is -1.58. The smallest absolute Gasteiger partial charge is 0.338 e. The van der Waals surface area contributed by atoms with Crippen molar-refractivity contribution in [3.8, 4) is 0 Å². The Morgan fingerprint density at radius 2 is 2.18 bits per heavy atom. The van der Waals surface area contributed by atoms with Gasteiger partial charge in [-0.25, -0.2) is 9.18 Å². The van der Waals surface area contributed by atoms with E-state index in [1.54, 1.807) is 6.07 Å². The Morgan fingerprint density at radius 3 is 2.71 bits per heavy atom. The van der Waals surface area contributed by atoms with Gasteiger partial charge in [-0.3, -0.25) is 0 Å². The fourth-order valence-corrected chi connectivity index (χ4v) is 1.83. The molecule has 0 amide bonds. The predicted octanol–water partition coefficient (Wildman–Crippen LogP) is 3.12. The molecule has 0 bridgehead atoms. The van der Waals surface area contributed by atoms with Crippen LogP contribution >= 0.6 is 0 Å². The lowest BCUT2D eigenvalue weighted by atomic mass is 10.0. The molecule has 0 aliphatic heterocycles. The van der Waals surface area contributed by atoms with Gasteiger partial charge in [0, 0.05) is 11.7 Å². The van der Waals surface area contributed by atoms with Gasteiger partial charge in [0.1, 0.15) is 5.82 Å². The zero-order valence-electron chi connectivity index (χ0n) is 9.96. The summed E-state index contributed by atoms with van der Waals surface area (Å²) >= 11 is 0. The molecule has 0 saturated heterocycles. The maximum Gasteiger partial charge on any atom is 0.338 e. The van der Waals surface area contributed by atoms with Crippen LogP contribution in [0.15, 0.2) is 18.2 Å². The third-order valence-electron chi connectivity index (χ3n) is 3.66. The summed E-state index contributed by atoms with van der Waals surface area (Å²) in [5.74, 6) is -1.94. The summed E-state index contributed by atoms with van der Waals surface area (Å²) in [6, 6.07) is 4.37. The number of rotatable bonds is 4. The Labute approximate surface area is 99.7 Å². The Morgan fingerprint density at radius 1 is 1.53 bits per heavy atom. The van der Waals surface area contributed by atoms with Crippen LogP contribution in [0.5, 0.6) is 0 Å². The quantitative estimate of drug-likeness (QED) is 0.845. The van der Waals surface area contributed by atoms with Crippen molar-refractivity contribution < 1.29 is 14.3 Å². The van der Waals surface area contributed by atoms with Crippen LogP contribution in [0.3, 0.4) is 0 Å². The van der Waals surface area contributed by atoms with Crippen molar-refractivity contribution in [2.24, 2.45) is 5.41 Å². The molecule has 0 radical (unpaired) electrons. The van der Waals surface area contributed by atoms with Gasteiger partial charge in [-0.1, -0.05) is 6.92 Å². The molecular weight excluding hydrogens is 221 g/mol. The van der Waals surface area contributed by atoms with Crippen molar-refractivity contribution >= 4 is 11.7 Å². The first kappa shape index (κ1) is 11.9. The van der Waals surface area contributed by atoms with Crippen molar-refractivity contribution in [3.63, 3.8) is 0 Å². The molecule has 1 atom stereocenters. The molecule has 17 heavy (non-hydrogen) atoms. The van der Waals surface area contributed by atoms with Gasteiger partial charge < -0.3 is 10.4 Å². The lowest BCUT2D eigenvalue weighted by Crippen LogP contribution is -2.25. The van der Waals surface area contributed by atoms with Gasteiger partial charge in [0.2, 0.25) is 0 Å². The number of aromatic carboxylic acids is 1. The number of carboxylic acids is 1. The summed E-state index contributed by atoms with van der Waals surface area (Å²) < 4.78 is 13.2. The van der Waals surface area contributed by atoms with Crippen molar-refractivity contribution in [2.75, 3.05) is 5.32 Å². The second-order valence-electron chi connectivity index (χ2n) is 5.02. The van der Waals surface area contributed by atoms with Gasteiger partial charge >= 0.3 is 5.97 Å². The molecule has 1 unspecified atom stereocenters. The zero-order valence-corrected chi connectivity index (χ0v) is 9.96. The molecule has 1 aromatic rings. The molecule has 1 fully saturated rings. The molecule has 0 aromatic heterocycles. The van der Waals surface area contributed by atoms with Crippen LogP contribution in [0.1, 0.15) is 37.0 Å². The summed E-state index contributed by atoms with van der Waals surface area (Å²) in [6.07, 6.45) is 2.35. The maximum absolute atomic E-state index is 13.2. The average molecular weight is 237 g/mol. The van der Waals surface area contributed by atoms with Crippen molar-refractivity contribution in [1.82, 2.24) is 0 Å². The van der Waals surface area contributed by atoms with E-state index in [0.717, 1.165) is 0 Å². The molecule has 4 heteroatoms. The average Bonchev–Trinajstić information content (AvgIpc) is 3.00. The minimum absolute atomic E-state index is 0.259. The van der Waals surface area contributed by atoms with Crippen molar-refractivity contribution in [2.45, 2.75) is 32.7 Å². The first-order chi connectivity index (χ1) is 7.92. The van der Waals surface area contributed by atoms with Crippen LogP contribution < -0.4 is 5.32 Å². The molecule has 1 saturated carbocycles. The zero-order chi connectivity index (χ0) is 12.6. The number of halogens is 1. The van der Waals surface area contributed by atoms with Gasteiger partial charge in [-0.15, -0.1) is 0 Å². The summed E-state index contributed by atoms with van der Waals surface area (Å²) in [7, 11) is 0. The summed E-state index contributed by atoms with van der Waals surface area (Å²) in [6.45, 7) is 4.25. The van der Waals surface area contributed by atoms with Gasteiger partial charge in [0.05, 0.1) is 5.56 Å². The number of carbonyl (C=O) groups is 1. The molecule has 0 heterocycles. The fourth-order valence-electron chi connectivity index (χ4n) is 1.83. The normalized spacial score (nSPS) is 18.5. The monoisotopic (exact) mass is 237 g/mol. The second-order valence-corrected chi connectivity index (χ2v) is 5.02. The topological polar surface area (TPSA) is 49.3 Å². The third kappa shape index (κ3) is 2.40. The molecule has 1 aromatic carbocycles. The maximum atomic E-state index is 13.2.